The van der Waals surface area contributed by atoms with Gasteiger partial charge in [-0.25, -0.2) is 0 Å². The van der Waals surface area contributed by atoms with Gasteiger partial charge in [0.1, 0.15) is 0 Å². The van der Waals surface area contributed by atoms with E-state index in [2.05, 4.69) is 34.6 Å². The van der Waals surface area contributed by atoms with Crippen LogP contribution >= 0.6 is 0 Å². The topological polar surface area (TPSA) is 0 Å². The summed E-state index contributed by atoms with van der Waals surface area (Å²) < 4.78 is 0. The van der Waals surface area contributed by atoms with Gasteiger partial charge < -0.3 is 0 Å². The molecule has 4 fully saturated rings. The Morgan fingerprint density at radius 1 is 1.12 bits per heavy atom. The molecule has 4 aliphatic carbocycles. The van der Waals surface area contributed by atoms with Gasteiger partial charge >= 0.3 is 0 Å². The van der Waals surface area contributed by atoms with E-state index in [1.807, 2.05) is 0 Å². The molecule has 0 aromatic rings. The third-order valence-electron chi connectivity index (χ3n) is 8.60. The predicted molar refractivity (Wildman–Crippen MR) is 67.0 cm³/mol. The fourth-order valence-corrected chi connectivity index (χ4v) is 6.97. The molecule has 0 aliphatic heterocycles. The standard InChI is InChI=1S/C16H26/c1-10-11(2)16(9-14(10,16)5)13(3,4)15-7-6-12(15)8-15/h10-12H,6-9H2,1-5H3. The first-order valence-electron chi connectivity index (χ1n) is 7.33. The zero-order chi connectivity index (χ0) is 11.6. The van der Waals surface area contributed by atoms with Crippen LogP contribution in [0.25, 0.3) is 0 Å². The molecule has 16 heavy (non-hydrogen) atoms. The average Bonchev–Trinajstić information content (AvgIpc) is 2.98. The van der Waals surface area contributed by atoms with Crippen LogP contribution in [0.4, 0.5) is 0 Å². The number of rotatable bonds is 2. The van der Waals surface area contributed by atoms with Gasteiger partial charge in [-0.05, 0) is 65.1 Å². The van der Waals surface area contributed by atoms with Crippen LogP contribution in [0.2, 0.25) is 0 Å². The molecule has 0 aromatic heterocycles. The Bertz CT molecular complexity index is 377. The number of fused-ring (bicyclic) bond motifs is 2. The predicted octanol–water partition coefficient (Wildman–Crippen LogP) is 4.49. The summed E-state index contributed by atoms with van der Waals surface area (Å²) in [6.45, 7) is 12.9. The van der Waals surface area contributed by atoms with Gasteiger partial charge in [0, 0.05) is 0 Å². The van der Waals surface area contributed by atoms with Gasteiger partial charge in [0.2, 0.25) is 0 Å². The highest BCUT2D eigenvalue weighted by atomic mass is 14.9. The van der Waals surface area contributed by atoms with Gasteiger partial charge in [0.15, 0.2) is 0 Å². The molecule has 6 atom stereocenters. The molecule has 4 rings (SSSR count). The zero-order valence-electron chi connectivity index (χ0n) is 11.6. The summed E-state index contributed by atoms with van der Waals surface area (Å²) >= 11 is 0. The molecule has 0 radical (unpaired) electrons. The lowest BCUT2D eigenvalue weighted by Crippen LogP contribution is -2.54. The molecule has 0 aromatic carbocycles. The number of hydrogen-bond donors (Lipinski definition) is 0. The van der Waals surface area contributed by atoms with Crippen LogP contribution in [0.5, 0.6) is 0 Å². The molecule has 0 nitrogen and oxygen atoms in total. The van der Waals surface area contributed by atoms with E-state index in [1.165, 1.54) is 6.42 Å². The smallest absolute Gasteiger partial charge is 0.0150 e. The van der Waals surface area contributed by atoms with Gasteiger partial charge in [-0.2, -0.15) is 0 Å². The molecule has 90 valence electrons. The van der Waals surface area contributed by atoms with Crippen molar-refractivity contribution in [3.8, 4) is 0 Å². The maximum Gasteiger partial charge on any atom is -0.0150 e. The van der Waals surface area contributed by atoms with E-state index < -0.39 is 0 Å². The Labute approximate surface area is 100 Å². The van der Waals surface area contributed by atoms with Crippen LogP contribution in [0, 0.1) is 39.4 Å². The molecular weight excluding hydrogens is 192 g/mol. The normalized spacial score (nSPS) is 66.2. The summed E-state index contributed by atoms with van der Waals surface area (Å²) in [6.07, 6.45) is 6.19. The zero-order valence-corrected chi connectivity index (χ0v) is 11.6. The van der Waals surface area contributed by atoms with E-state index in [-0.39, 0.29) is 0 Å². The highest BCUT2D eigenvalue weighted by Gasteiger charge is 2.88. The summed E-state index contributed by atoms with van der Waals surface area (Å²) in [4.78, 5) is 0. The quantitative estimate of drug-likeness (QED) is 0.640. The van der Waals surface area contributed by atoms with Crippen molar-refractivity contribution in [2.75, 3.05) is 0 Å². The Morgan fingerprint density at radius 2 is 1.81 bits per heavy atom. The monoisotopic (exact) mass is 218 g/mol. The summed E-state index contributed by atoms with van der Waals surface area (Å²) in [7, 11) is 0. The third kappa shape index (κ3) is 0.616. The van der Waals surface area contributed by atoms with Gasteiger partial charge in [0.25, 0.3) is 0 Å². The SMILES string of the molecule is CC1C(C)C2(C(C)(C)C34CCC3C4)CC12C. The van der Waals surface area contributed by atoms with Crippen LogP contribution in [-0.4, -0.2) is 0 Å². The molecule has 6 unspecified atom stereocenters. The first kappa shape index (κ1) is 9.97. The van der Waals surface area contributed by atoms with Crippen molar-refractivity contribution in [2.45, 2.75) is 60.3 Å². The van der Waals surface area contributed by atoms with Crippen molar-refractivity contribution >= 4 is 0 Å². The largest absolute Gasteiger partial charge is 0.0617 e. The van der Waals surface area contributed by atoms with Crippen LogP contribution in [0.15, 0.2) is 0 Å². The van der Waals surface area contributed by atoms with E-state index in [0.29, 0.717) is 10.8 Å². The molecule has 0 amide bonds. The molecule has 0 heterocycles. The fourth-order valence-electron chi connectivity index (χ4n) is 6.97. The van der Waals surface area contributed by atoms with Crippen LogP contribution in [0.1, 0.15) is 60.3 Å². The second kappa shape index (κ2) is 2.15. The van der Waals surface area contributed by atoms with Crippen molar-refractivity contribution in [1.29, 1.82) is 0 Å². The third-order valence-corrected chi connectivity index (χ3v) is 8.60. The van der Waals surface area contributed by atoms with Crippen LogP contribution in [-0.2, 0) is 0 Å². The maximum absolute atomic E-state index is 2.62. The molecule has 4 saturated carbocycles. The van der Waals surface area contributed by atoms with Crippen LogP contribution < -0.4 is 0 Å². The van der Waals surface area contributed by atoms with E-state index >= 15 is 0 Å². The Hall–Kier alpha value is 0. The van der Waals surface area contributed by atoms with Crippen LogP contribution in [0.3, 0.4) is 0 Å². The molecule has 0 bridgehead atoms. The second-order valence-corrected chi connectivity index (χ2v) is 8.36. The Kier molecular flexibility index (Phi) is 1.34. The Morgan fingerprint density at radius 3 is 2.12 bits per heavy atom. The minimum Gasteiger partial charge on any atom is -0.0617 e. The molecule has 4 aliphatic rings. The molecule has 0 saturated heterocycles. The van der Waals surface area contributed by atoms with E-state index in [4.69, 9.17) is 0 Å². The van der Waals surface area contributed by atoms with Crippen molar-refractivity contribution < 1.29 is 0 Å². The highest BCUT2D eigenvalue weighted by Crippen LogP contribution is 2.94. The van der Waals surface area contributed by atoms with Crippen molar-refractivity contribution in [3.63, 3.8) is 0 Å². The lowest BCUT2D eigenvalue weighted by atomic mass is 9.45. The van der Waals surface area contributed by atoms with Crippen molar-refractivity contribution in [1.82, 2.24) is 0 Å². The Balaban J connectivity index is 1.73. The summed E-state index contributed by atoms with van der Waals surface area (Å²) in [6, 6.07) is 0. The van der Waals surface area contributed by atoms with Gasteiger partial charge in [-0.1, -0.05) is 34.6 Å². The van der Waals surface area contributed by atoms with E-state index in [1.54, 1.807) is 19.3 Å². The van der Waals surface area contributed by atoms with Crippen molar-refractivity contribution in [3.05, 3.63) is 0 Å². The lowest BCUT2D eigenvalue weighted by Gasteiger charge is -2.59. The first-order valence-corrected chi connectivity index (χ1v) is 7.33. The van der Waals surface area contributed by atoms with Gasteiger partial charge in [-0.3, -0.25) is 0 Å². The summed E-state index contributed by atoms with van der Waals surface area (Å²) in [5.41, 5.74) is 2.88. The van der Waals surface area contributed by atoms with Gasteiger partial charge in [0.05, 0.1) is 0 Å². The number of hydrogen-bond acceptors (Lipinski definition) is 0. The molecule has 0 N–H and O–H groups in total. The highest BCUT2D eigenvalue weighted by molar-refractivity contribution is 5.35. The summed E-state index contributed by atoms with van der Waals surface area (Å²) in [5.74, 6) is 3.08. The van der Waals surface area contributed by atoms with Crippen molar-refractivity contribution in [2.24, 2.45) is 39.4 Å². The van der Waals surface area contributed by atoms with E-state index in [0.717, 1.165) is 28.6 Å². The molecule has 0 spiro atoms. The summed E-state index contributed by atoms with van der Waals surface area (Å²) in [5, 5.41) is 0. The average molecular weight is 218 g/mol. The molecular formula is C16H26. The van der Waals surface area contributed by atoms with E-state index in [9.17, 15) is 0 Å². The first-order chi connectivity index (χ1) is 7.33. The lowest BCUT2D eigenvalue weighted by molar-refractivity contribution is -0.121. The molecule has 0 heteroatoms. The maximum atomic E-state index is 2.62. The minimum atomic E-state index is 0.629. The van der Waals surface area contributed by atoms with Gasteiger partial charge in [-0.15, -0.1) is 0 Å². The second-order valence-electron chi connectivity index (χ2n) is 8.36. The minimum absolute atomic E-state index is 0.629. The fraction of sp³-hybridized carbons (Fsp3) is 1.00.